The Labute approximate surface area is 122 Å². The third kappa shape index (κ3) is 3.23. The molecule has 0 unspecified atom stereocenters. The Morgan fingerprint density at radius 2 is 2.05 bits per heavy atom. The average Bonchev–Trinajstić information content (AvgIpc) is 2.88. The van der Waals surface area contributed by atoms with Crippen molar-refractivity contribution in [2.24, 2.45) is 0 Å². The summed E-state index contributed by atoms with van der Waals surface area (Å²) in [5.74, 6) is 0.571. The van der Waals surface area contributed by atoms with Gasteiger partial charge in [-0.05, 0) is 30.7 Å². The Balaban J connectivity index is 1.64. The van der Waals surface area contributed by atoms with Crippen LogP contribution in [0.4, 0.5) is 0 Å². The maximum absolute atomic E-state index is 4.51. The van der Waals surface area contributed by atoms with Crippen molar-refractivity contribution < 1.29 is 0 Å². The number of nitrogens with zero attached hydrogens (tertiary/aromatic N) is 2. The molecule has 2 nitrogen and oxygen atoms in total. The highest BCUT2D eigenvalue weighted by atomic mass is 79.9. The van der Waals surface area contributed by atoms with Gasteiger partial charge in [-0.2, -0.15) is 0 Å². The molecule has 1 atom stereocenters. The Hall–Kier alpha value is -1.19. The Morgan fingerprint density at radius 1 is 1.21 bits per heavy atom. The van der Waals surface area contributed by atoms with Crippen LogP contribution in [0.5, 0.6) is 0 Å². The smallest absolute Gasteiger partial charge is 0.0459 e. The van der Waals surface area contributed by atoms with Gasteiger partial charge in [0, 0.05) is 35.4 Å². The van der Waals surface area contributed by atoms with Gasteiger partial charge in [-0.15, -0.1) is 0 Å². The van der Waals surface area contributed by atoms with E-state index >= 15 is 0 Å². The maximum atomic E-state index is 4.51. The van der Waals surface area contributed by atoms with Gasteiger partial charge < -0.3 is 0 Å². The highest BCUT2D eigenvalue weighted by Crippen LogP contribution is 2.28. The topological polar surface area (TPSA) is 16.1 Å². The van der Waals surface area contributed by atoms with Crippen LogP contribution in [0.3, 0.4) is 0 Å². The number of pyridine rings is 1. The fourth-order valence-electron chi connectivity index (χ4n) is 2.70. The van der Waals surface area contributed by atoms with E-state index in [1.807, 2.05) is 12.3 Å². The SMILES string of the molecule is Brc1ccnc([C@H]2CCN(Cc3ccccc3)C2)c1. The summed E-state index contributed by atoms with van der Waals surface area (Å²) in [5, 5.41) is 0. The Bertz CT molecular complexity index is 541. The standard InChI is InChI=1S/C16H17BrN2/c17-15-6-8-18-16(10-15)14-7-9-19(12-14)11-13-4-2-1-3-5-13/h1-6,8,10,14H,7,9,11-12H2/t14-/m0/s1. The molecule has 1 saturated heterocycles. The molecule has 3 rings (SSSR count). The highest BCUT2D eigenvalue weighted by molar-refractivity contribution is 9.10. The molecule has 2 aromatic rings. The normalized spacial score (nSPS) is 19.7. The monoisotopic (exact) mass is 316 g/mol. The first kappa shape index (κ1) is 12.8. The van der Waals surface area contributed by atoms with Gasteiger partial charge in [0.15, 0.2) is 0 Å². The Kier molecular flexibility index (Phi) is 3.95. The van der Waals surface area contributed by atoms with E-state index < -0.39 is 0 Å². The summed E-state index contributed by atoms with van der Waals surface area (Å²) >= 11 is 3.52. The fraction of sp³-hybridized carbons (Fsp3) is 0.312. The van der Waals surface area contributed by atoms with Gasteiger partial charge in [0.05, 0.1) is 0 Å². The second-order valence-electron chi connectivity index (χ2n) is 5.11. The molecular weight excluding hydrogens is 300 g/mol. The second-order valence-corrected chi connectivity index (χ2v) is 6.02. The van der Waals surface area contributed by atoms with Gasteiger partial charge in [0.1, 0.15) is 0 Å². The van der Waals surface area contributed by atoms with E-state index in [-0.39, 0.29) is 0 Å². The summed E-state index contributed by atoms with van der Waals surface area (Å²) in [6.07, 6.45) is 3.09. The van der Waals surface area contributed by atoms with Crippen molar-refractivity contribution in [2.45, 2.75) is 18.9 Å². The van der Waals surface area contributed by atoms with Gasteiger partial charge in [-0.1, -0.05) is 46.3 Å². The van der Waals surface area contributed by atoms with Crippen LogP contribution in [0.15, 0.2) is 53.1 Å². The molecule has 1 aromatic carbocycles. The Morgan fingerprint density at radius 3 is 2.84 bits per heavy atom. The summed E-state index contributed by atoms with van der Waals surface area (Å²) in [4.78, 5) is 7.02. The van der Waals surface area contributed by atoms with Crippen molar-refractivity contribution in [2.75, 3.05) is 13.1 Å². The van der Waals surface area contributed by atoms with Crippen molar-refractivity contribution in [1.29, 1.82) is 0 Å². The summed E-state index contributed by atoms with van der Waals surface area (Å²) in [5.41, 5.74) is 2.61. The van der Waals surface area contributed by atoms with Gasteiger partial charge >= 0.3 is 0 Å². The van der Waals surface area contributed by atoms with E-state index in [4.69, 9.17) is 0 Å². The number of hydrogen-bond acceptors (Lipinski definition) is 2. The minimum Gasteiger partial charge on any atom is -0.298 e. The van der Waals surface area contributed by atoms with Gasteiger partial charge in [0.25, 0.3) is 0 Å². The van der Waals surface area contributed by atoms with Crippen LogP contribution in [0.25, 0.3) is 0 Å². The molecular formula is C16H17BrN2. The number of rotatable bonds is 3. The van der Waals surface area contributed by atoms with Crippen molar-refractivity contribution in [1.82, 2.24) is 9.88 Å². The van der Waals surface area contributed by atoms with Crippen LogP contribution in [0, 0.1) is 0 Å². The maximum Gasteiger partial charge on any atom is 0.0459 e. The molecule has 0 bridgehead atoms. The van der Waals surface area contributed by atoms with E-state index in [2.05, 4.69) is 62.2 Å². The largest absolute Gasteiger partial charge is 0.298 e. The summed E-state index contributed by atoms with van der Waals surface area (Å²) in [7, 11) is 0. The van der Waals surface area contributed by atoms with Crippen molar-refractivity contribution in [3.8, 4) is 0 Å². The lowest BCUT2D eigenvalue weighted by Crippen LogP contribution is -2.19. The number of aromatic nitrogens is 1. The molecule has 98 valence electrons. The summed E-state index contributed by atoms with van der Waals surface area (Å²) < 4.78 is 1.12. The lowest BCUT2D eigenvalue weighted by Gasteiger charge is -2.16. The molecule has 0 saturated carbocycles. The van der Waals surface area contributed by atoms with E-state index in [1.165, 1.54) is 17.7 Å². The van der Waals surface area contributed by atoms with E-state index in [1.54, 1.807) is 0 Å². The average molecular weight is 317 g/mol. The molecule has 0 spiro atoms. The second kappa shape index (κ2) is 5.85. The molecule has 19 heavy (non-hydrogen) atoms. The van der Waals surface area contributed by atoms with Crippen LogP contribution in [0.2, 0.25) is 0 Å². The third-order valence-corrected chi connectivity index (χ3v) is 4.18. The summed E-state index contributed by atoms with van der Waals surface area (Å²) in [6, 6.07) is 14.8. The third-order valence-electron chi connectivity index (χ3n) is 3.68. The van der Waals surface area contributed by atoms with Crippen LogP contribution in [-0.2, 0) is 6.54 Å². The fourth-order valence-corrected chi connectivity index (χ4v) is 3.06. The minimum absolute atomic E-state index is 0.571. The molecule has 2 heterocycles. The summed E-state index contributed by atoms with van der Waals surface area (Å²) in [6.45, 7) is 3.32. The van der Waals surface area contributed by atoms with Crippen LogP contribution in [0.1, 0.15) is 23.6 Å². The van der Waals surface area contributed by atoms with Crippen molar-refractivity contribution >= 4 is 15.9 Å². The minimum atomic E-state index is 0.571. The quantitative estimate of drug-likeness (QED) is 0.855. The molecule has 3 heteroatoms. The van der Waals surface area contributed by atoms with Gasteiger partial charge in [-0.25, -0.2) is 0 Å². The first-order valence-electron chi connectivity index (χ1n) is 6.69. The lowest BCUT2D eigenvalue weighted by molar-refractivity contribution is 0.326. The van der Waals surface area contributed by atoms with E-state index in [0.717, 1.165) is 24.1 Å². The number of likely N-dealkylation sites (tertiary alicyclic amines) is 1. The number of benzene rings is 1. The zero-order chi connectivity index (χ0) is 13.1. The molecule has 0 N–H and O–H groups in total. The first-order chi connectivity index (χ1) is 9.31. The molecule has 1 fully saturated rings. The van der Waals surface area contributed by atoms with Crippen LogP contribution >= 0.6 is 15.9 Å². The number of halogens is 1. The molecule has 0 aliphatic carbocycles. The molecule has 1 aromatic heterocycles. The van der Waals surface area contributed by atoms with Crippen LogP contribution < -0.4 is 0 Å². The highest BCUT2D eigenvalue weighted by Gasteiger charge is 2.24. The molecule has 0 amide bonds. The predicted molar refractivity (Wildman–Crippen MR) is 81.0 cm³/mol. The first-order valence-corrected chi connectivity index (χ1v) is 7.48. The zero-order valence-electron chi connectivity index (χ0n) is 10.8. The van der Waals surface area contributed by atoms with Gasteiger partial charge in [-0.3, -0.25) is 9.88 Å². The predicted octanol–water partition coefficient (Wildman–Crippen LogP) is 3.83. The number of hydrogen-bond donors (Lipinski definition) is 0. The van der Waals surface area contributed by atoms with E-state index in [9.17, 15) is 0 Å². The van der Waals surface area contributed by atoms with Crippen LogP contribution in [-0.4, -0.2) is 23.0 Å². The molecule has 0 radical (unpaired) electrons. The molecule has 1 aliphatic rings. The zero-order valence-corrected chi connectivity index (χ0v) is 12.4. The molecule has 1 aliphatic heterocycles. The van der Waals surface area contributed by atoms with Crippen molar-refractivity contribution in [3.63, 3.8) is 0 Å². The van der Waals surface area contributed by atoms with E-state index in [0.29, 0.717) is 5.92 Å². The van der Waals surface area contributed by atoms with Crippen molar-refractivity contribution in [3.05, 3.63) is 64.4 Å². The lowest BCUT2D eigenvalue weighted by atomic mass is 10.0. The van der Waals surface area contributed by atoms with Gasteiger partial charge in [0.2, 0.25) is 0 Å².